The number of aliphatic hydroxyl groups is 1. The Labute approximate surface area is 206 Å². The van der Waals surface area contributed by atoms with Crippen molar-refractivity contribution in [1.29, 1.82) is 0 Å². The zero-order valence-corrected chi connectivity index (χ0v) is 20.6. The van der Waals surface area contributed by atoms with Crippen LogP contribution in [-0.4, -0.2) is 40.1 Å². The van der Waals surface area contributed by atoms with E-state index in [2.05, 4.69) is 27.4 Å². The summed E-state index contributed by atoms with van der Waals surface area (Å²) in [4.78, 5) is 24.9. The maximum atomic E-state index is 13.2. The van der Waals surface area contributed by atoms with Crippen molar-refractivity contribution in [3.8, 4) is 0 Å². The molecule has 3 N–H and O–H groups in total. The summed E-state index contributed by atoms with van der Waals surface area (Å²) in [5.41, 5.74) is 2.59. The topological polar surface area (TPSA) is 90.4 Å². The molecule has 2 heterocycles. The smallest absolute Gasteiger partial charge is 0.256 e. The average molecular weight is 484 g/mol. The number of rotatable bonds is 7. The molecular weight excluding hydrogens is 450 g/mol. The Balaban J connectivity index is 1.34. The molecule has 1 aromatic carbocycles. The second kappa shape index (κ2) is 9.70. The van der Waals surface area contributed by atoms with Crippen molar-refractivity contribution in [2.75, 3.05) is 23.3 Å². The summed E-state index contributed by atoms with van der Waals surface area (Å²) in [6.07, 6.45) is 9.77. The molecule has 0 atom stereocenters. The van der Waals surface area contributed by atoms with Crippen molar-refractivity contribution in [2.45, 2.75) is 71.1 Å². The summed E-state index contributed by atoms with van der Waals surface area (Å²) in [6.45, 7) is 4.60. The minimum atomic E-state index is -0.123. The van der Waals surface area contributed by atoms with Crippen molar-refractivity contribution < 1.29 is 9.90 Å². The van der Waals surface area contributed by atoms with Gasteiger partial charge in [0.15, 0.2) is 0 Å². The summed E-state index contributed by atoms with van der Waals surface area (Å²) >= 11 is 6.27. The zero-order chi connectivity index (χ0) is 23.7. The van der Waals surface area contributed by atoms with Crippen LogP contribution in [0.3, 0.4) is 0 Å². The quantitative estimate of drug-likeness (QED) is 0.536. The van der Waals surface area contributed by atoms with Gasteiger partial charge in [0.25, 0.3) is 5.91 Å². The van der Waals surface area contributed by atoms with Crippen molar-refractivity contribution >= 4 is 29.3 Å². The van der Waals surface area contributed by atoms with Gasteiger partial charge in [0.1, 0.15) is 11.4 Å². The van der Waals surface area contributed by atoms with Gasteiger partial charge in [-0.3, -0.25) is 4.79 Å². The molecule has 1 aliphatic heterocycles. The number of aromatic nitrogens is 2. The minimum absolute atomic E-state index is 0.0938. The molecule has 1 amide bonds. The largest absolute Gasteiger partial charge is 0.392 e. The molecule has 0 unspecified atom stereocenters. The van der Waals surface area contributed by atoms with Gasteiger partial charge in [0.05, 0.1) is 6.61 Å². The second-order valence-corrected chi connectivity index (χ2v) is 10.9. The third-order valence-electron chi connectivity index (χ3n) is 7.80. The third-order valence-corrected chi connectivity index (χ3v) is 8.15. The van der Waals surface area contributed by atoms with E-state index in [1.54, 1.807) is 6.20 Å². The van der Waals surface area contributed by atoms with E-state index in [4.69, 9.17) is 16.6 Å². The van der Waals surface area contributed by atoms with E-state index in [0.29, 0.717) is 39.9 Å². The van der Waals surface area contributed by atoms with E-state index < -0.39 is 0 Å². The predicted octanol–water partition coefficient (Wildman–Crippen LogP) is 4.53. The first-order valence-electron chi connectivity index (χ1n) is 12.5. The Hall–Kier alpha value is -2.38. The molecule has 3 fully saturated rings. The third kappa shape index (κ3) is 5.15. The van der Waals surface area contributed by atoms with E-state index in [1.807, 2.05) is 18.2 Å². The van der Waals surface area contributed by atoms with Crippen LogP contribution in [0.2, 0.25) is 5.02 Å². The lowest BCUT2D eigenvalue weighted by atomic mass is 9.87. The monoisotopic (exact) mass is 483 g/mol. The van der Waals surface area contributed by atoms with Crippen LogP contribution in [0.1, 0.15) is 73.4 Å². The Morgan fingerprint density at radius 2 is 2.03 bits per heavy atom. The number of nitrogens with zero attached hydrogens (tertiary/aromatic N) is 3. The fraction of sp³-hybridized carbons (Fsp3) is 0.577. The van der Waals surface area contributed by atoms with Crippen molar-refractivity contribution in [3.63, 3.8) is 0 Å². The molecule has 1 saturated heterocycles. The lowest BCUT2D eigenvalue weighted by molar-refractivity contribution is 0.0923. The van der Waals surface area contributed by atoms with Crippen molar-refractivity contribution in [2.24, 2.45) is 11.3 Å². The summed E-state index contributed by atoms with van der Waals surface area (Å²) in [7, 11) is 0. The summed E-state index contributed by atoms with van der Waals surface area (Å²) < 4.78 is 0. The number of halogens is 1. The van der Waals surface area contributed by atoms with Gasteiger partial charge in [-0.1, -0.05) is 30.7 Å². The molecule has 0 bridgehead atoms. The predicted molar refractivity (Wildman–Crippen MR) is 134 cm³/mol. The van der Waals surface area contributed by atoms with Crippen LogP contribution >= 0.6 is 11.6 Å². The van der Waals surface area contributed by atoms with Gasteiger partial charge in [-0.2, -0.15) is 4.98 Å². The summed E-state index contributed by atoms with van der Waals surface area (Å²) in [5, 5.41) is 16.5. The van der Waals surface area contributed by atoms with E-state index in [1.165, 1.54) is 19.3 Å². The molecule has 1 spiro atoms. The Kier molecular flexibility index (Phi) is 6.67. The van der Waals surface area contributed by atoms with Gasteiger partial charge in [-0.15, -0.1) is 0 Å². The molecule has 7 nitrogen and oxygen atoms in total. The summed E-state index contributed by atoms with van der Waals surface area (Å²) in [6, 6.07) is 5.78. The average Bonchev–Trinajstić information content (AvgIpc) is 3.47. The molecule has 2 aliphatic carbocycles. The van der Waals surface area contributed by atoms with Crippen molar-refractivity contribution in [1.82, 2.24) is 15.3 Å². The highest BCUT2D eigenvalue weighted by molar-refractivity contribution is 6.31. The highest BCUT2D eigenvalue weighted by Gasteiger charge is 2.48. The van der Waals surface area contributed by atoms with Crippen LogP contribution in [0.15, 0.2) is 24.4 Å². The maximum absolute atomic E-state index is 13.2. The van der Waals surface area contributed by atoms with Crippen LogP contribution in [0, 0.1) is 11.3 Å². The van der Waals surface area contributed by atoms with Crippen LogP contribution in [-0.2, 0) is 13.2 Å². The molecular formula is C26H34ClN5O2. The number of hydrogen-bond donors (Lipinski definition) is 3. The normalized spacial score (nSPS) is 23.2. The highest BCUT2D eigenvalue weighted by atomic mass is 35.5. The first kappa shape index (κ1) is 23.4. The molecule has 1 aromatic heterocycles. The Morgan fingerprint density at radius 3 is 2.71 bits per heavy atom. The Bertz CT molecular complexity index is 1050. The van der Waals surface area contributed by atoms with E-state index in [9.17, 15) is 9.90 Å². The van der Waals surface area contributed by atoms with E-state index in [0.717, 1.165) is 50.3 Å². The van der Waals surface area contributed by atoms with Crippen LogP contribution in [0.25, 0.3) is 0 Å². The highest BCUT2D eigenvalue weighted by Crippen LogP contribution is 2.53. The van der Waals surface area contributed by atoms with Gasteiger partial charge in [-0.05, 0) is 73.5 Å². The number of hydrogen-bond acceptors (Lipinski definition) is 6. The number of carbonyl (C=O) groups is 1. The first-order valence-corrected chi connectivity index (χ1v) is 12.9. The molecule has 3 aliphatic rings. The second-order valence-electron chi connectivity index (χ2n) is 10.5. The fourth-order valence-electron chi connectivity index (χ4n) is 5.20. The first-order chi connectivity index (χ1) is 16.4. The maximum Gasteiger partial charge on any atom is 0.256 e. The van der Waals surface area contributed by atoms with Gasteiger partial charge in [-0.25, -0.2) is 4.98 Å². The summed E-state index contributed by atoms with van der Waals surface area (Å²) in [5.74, 6) is 1.84. The molecule has 8 heteroatoms. The van der Waals surface area contributed by atoms with Gasteiger partial charge >= 0.3 is 0 Å². The number of carbonyl (C=O) groups excluding carboxylic acids is 1. The van der Waals surface area contributed by atoms with Crippen LogP contribution in [0.4, 0.5) is 11.8 Å². The minimum Gasteiger partial charge on any atom is -0.392 e. The molecule has 5 rings (SSSR count). The van der Waals surface area contributed by atoms with E-state index >= 15 is 0 Å². The molecule has 2 saturated carbocycles. The number of amides is 1. The lowest BCUT2D eigenvalue weighted by Crippen LogP contribution is -2.38. The van der Waals surface area contributed by atoms with Gasteiger partial charge in [0, 0.05) is 36.9 Å². The molecule has 0 radical (unpaired) electrons. The number of nitrogens with one attached hydrogen (secondary N) is 2. The number of benzene rings is 1. The van der Waals surface area contributed by atoms with Gasteiger partial charge < -0.3 is 20.6 Å². The fourth-order valence-corrected chi connectivity index (χ4v) is 5.46. The van der Waals surface area contributed by atoms with Gasteiger partial charge in [0.2, 0.25) is 5.95 Å². The van der Waals surface area contributed by atoms with Crippen LogP contribution in [0.5, 0.6) is 0 Å². The van der Waals surface area contributed by atoms with Crippen LogP contribution < -0.4 is 15.5 Å². The standard InChI is InChI=1S/C26H34ClN5O2/c1-17-2-6-20(7-3-17)30-24(34)21-14-29-25(32-11-10-26(16-32)8-9-26)31-23(21)28-13-18-4-5-19(15-33)22(27)12-18/h4-5,12,14,17,20,33H,2-3,6-11,13,15-16H2,1H3,(H,30,34)(H,28,29,31)/t17-,20-. The SMILES string of the molecule is C[C@H]1CC[C@H](NC(=O)c2cnc(N3CCC4(CC4)C3)nc2NCc2ccc(CO)c(Cl)c2)CC1. The number of anilines is 2. The molecule has 2 aromatic rings. The number of aliphatic hydroxyl groups excluding tert-OH is 1. The van der Waals surface area contributed by atoms with E-state index in [-0.39, 0.29) is 18.6 Å². The lowest BCUT2D eigenvalue weighted by Gasteiger charge is -2.27. The van der Waals surface area contributed by atoms with Crippen molar-refractivity contribution in [3.05, 3.63) is 46.1 Å². The zero-order valence-electron chi connectivity index (χ0n) is 19.8. The molecule has 34 heavy (non-hydrogen) atoms. The molecule has 182 valence electrons. The Morgan fingerprint density at radius 1 is 1.24 bits per heavy atom.